The van der Waals surface area contributed by atoms with Crippen LogP contribution in [0, 0.1) is 0 Å². The number of hydrogen-bond acceptors (Lipinski definition) is 3. The van der Waals surface area contributed by atoms with E-state index in [-0.39, 0.29) is 5.91 Å². The van der Waals surface area contributed by atoms with Crippen LogP contribution in [0.15, 0.2) is 30.3 Å². The molecule has 1 aromatic carbocycles. The van der Waals surface area contributed by atoms with Crippen LogP contribution in [0.4, 0.5) is 5.69 Å². The minimum Gasteiger partial charge on any atom is -0.329 e. The van der Waals surface area contributed by atoms with Crippen molar-refractivity contribution in [3.63, 3.8) is 0 Å². The number of rotatable bonds is 8. The van der Waals surface area contributed by atoms with Crippen LogP contribution >= 0.6 is 0 Å². The van der Waals surface area contributed by atoms with Gasteiger partial charge < -0.3 is 11.1 Å². The summed E-state index contributed by atoms with van der Waals surface area (Å²) in [6.45, 7) is 6.03. The van der Waals surface area contributed by atoms with Crippen LogP contribution in [-0.4, -0.2) is 36.5 Å². The van der Waals surface area contributed by atoms with E-state index in [4.69, 9.17) is 5.73 Å². The topological polar surface area (TPSA) is 58.4 Å². The van der Waals surface area contributed by atoms with Gasteiger partial charge in [0, 0.05) is 24.8 Å². The molecule has 106 valence electrons. The van der Waals surface area contributed by atoms with Gasteiger partial charge in [0.15, 0.2) is 0 Å². The first kappa shape index (κ1) is 15.7. The molecule has 4 nitrogen and oxygen atoms in total. The maximum Gasteiger partial charge on any atom is 0.238 e. The molecule has 0 unspecified atom stereocenters. The van der Waals surface area contributed by atoms with Crippen molar-refractivity contribution in [2.24, 2.45) is 5.73 Å². The lowest BCUT2D eigenvalue weighted by molar-refractivity contribution is -0.117. The second kappa shape index (κ2) is 8.67. The van der Waals surface area contributed by atoms with Gasteiger partial charge in [0.2, 0.25) is 5.91 Å². The van der Waals surface area contributed by atoms with E-state index < -0.39 is 0 Å². The van der Waals surface area contributed by atoms with E-state index in [2.05, 4.69) is 24.1 Å². The van der Waals surface area contributed by atoms with Gasteiger partial charge in [-0.3, -0.25) is 9.69 Å². The maximum atomic E-state index is 12.0. The quantitative estimate of drug-likeness (QED) is 0.755. The number of benzene rings is 1. The Balaban J connectivity index is 2.56. The van der Waals surface area contributed by atoms with Crippen LogP contribution in [0.1, 0.15) is 26.7 Å². The van der Waals surface area contributed by atoms with Crippen molar-refractivity contribution in [2.45, 2.75) is 32.7 Å². The van der Waals surface area contributed by atoms with Crippen LogP contribution in [0.2, 0.25) is 0 Å². The third-order valence-corrected chi connectivity index (χ3v) is 3.28. The van der Waals surface area contributed by atoms with Crippen molar-refractivity contribution in [1.29, 1.82) is 0 Å². The number of hydrogen-bond donors (Lipinski definition) is 2. The van der Waals surface area contributed by atoms with Gasteiger partial charge in [-0.15, -0.1) is 0 Å². The monoisotopic (exact) mass is 263 g/mol. The average molecular weight is 263 g/mol. The van der Waals surface area contributed by atoms with Crippen LogP contribution in [0.5, 0.6) is 0 Å². The van der Waals surface area contributed by atoms with Gasteiger partial charge >= 0.3 is 0 Å². The fraction of sp³-hybridized carbons (Fsp3) is 0.533. The molecule has 0 aliphatic carbocycles. The fourth-order valence-corrected chi connectivity index (χ4v) is 2.27. The van der Waals surface area contributed by atoms with Crippen molar-refractivity contribution in [3.8, 4) is 0 Å². The Morgan fingerprint density at radius 3 is 2.42 bits per heavy atom. The number of nitrogens with one attached hydrogen (secondary N) is 1. The van der Waals surface area contributed by atoms with Crippen LogP contribution in [0.25, 0.3) is 0 Å². The van der Waals surface area contributed by atoms with E-state index in [0.29, 0.717) is 19.1 Å². The first-order valence-electron chi connectivity index (χ1n) is 7.00. The number of para-hydroxylation sites is 1. The normalized spacial score (nSPS) is 11.0. The van der Waals surface area contributed by atoms with E-state index in [9.17, 15) is 4.79 Å². The van der Waals surface area contributed by atoms with Crippen LogP contribution in [0.3, 0.4) is 0 Å². The summed E-state index contributed by atoms with van der Waals surface area (Å²) in [5.74, 6) is 0.0200. The van der Waals surface area contributed by atoms with Crippen molar-refractivity contribution in [2.75, 3.05) is 25.0 Å². The number of nitrogens with two attached hydrogens (primary N) is 1. The second-order valence-corrected chi connectivity index (χ2v) is 4.64. The number of nitrogens with zero attached hydrogens (tertiary/aromatic N) is 1. The highest BCUT2D eigenvalue weighted by atomic mass is 16.2. The molecule has 0 bridgehead atoms. The minimum atomic E-state index is 0.0200. The molecule has 1 aromatic rings. The highest BCUT2D eigenvalue weighted by Gasteiger charge is 2.17. The highest BCUT2D eigenvalue weighted by molar-refractivity contribution is 5.92. The molecular weight excluding hydrogens is 238 g/mol. The second-order valence-electron chi connectivity index (χ2n) is 4.64. The zero-order valence-corrected chi connectivity index (χ0v) is 11.9. The van der Waals surface area contributed by atoms with Crippen molar-refractivity contribution in [1.82, 2.24) is 4.90 Å². The van der Waals surface area contributed by atoms with Crippen molar-refractivity contribution >= 4 is 11.6 Å². The van der Waals surface area contributed by atoms with Gasteiger partial charge in [-0.1, -0.05) is 32.0 Å². The molecular formula is C15H25N3O. The zero-order valence-electron chi connectivity index (χ0n) is 11.9. The predicted octanol–water partition coefficient (Wildman–Crippen LogP) is 2.07. The lowest BCUT2D eigenvalue weighted by Gasteiger charge is -2.29. The third-order valence-electron chi connectivity index (χ3n) is 3.28. The molecule has 0 saturated carbocycles. The molecule has 0 aliphatic rings. The maximum absolute atomic E-state index is 12.0. The predicted molar refractivity (Wildman–Crippen MR) is 80.1 cm³/mol. The first-order chi connectivity index (χ1) is 9.21. The van der Waals surface area contributed by atoms with E-state index in [1.165, 1.54) is 0 Å². The Labute approximate surface area is 116 Å². The van der Waals surface area contributed by atoms with Crippen molar-refractivity contribution in [3.05, 3.63) is 30.3 Å². The summed E-state index contributed by atoms with van der Waals surface area (Å²) in [5.41, 5.74) is 6.47. The summed E-state index contributed by atoms with van der Waals surface area (Å²) in [5, 5.41) is 2.91. The van der Waals surface area contributed by atoms with Gasteiger partial charge in [-0.2, -0.15) is 0 Å². The Hall–Kier alpha value is -1.39. The highest BCUT2D eigenvalue weighted by Crippen LogP contribution is 2.09. The molecule has 0 spiro atoms. The SMILES string of the molecule is CCC(CC)N(CCN)CC(=O)Nc1ccccc1. The third kappa shape index (κ3) is 5.41. The Morgan fingerprint density at radius 2 is 1.89 bits per heavy atom. The van der Waals surface area contributed by atoms with Crippen LogP contribution in [-0.2, 0) is 4.79 Å². The largest absolute Gasteiger partial charge is 0.329 e. The Bertz CT molecular complexity index is 363. The van der Waals surface area contributed by atoms with Gasteiger partial charge in [0.1, 0.15) is 0 Å². The number of anilines is 1. The molecule has 0 fully saturated rings. The van der Waals surface area contributed by atoms with Crippen LogP contribution < -0.4 is 11.1 Å². The van der Waals surface area contributed by atoms with Gasteiger partial charge in [-0.25, -0.2) is 0 Å². The molecule has 0 aliphatic heterocycles. The Morgan fingerprint density at radius 1 is 1.26 bits per heavy atom. The molecule has 1 amide bonds. The zero-order chi connectivity index (χ0) is 14.1. The Kier molecular flexibility index (Phi) is 7.15. The number of carbonyl (C=O) groups excluding carboxylic acids is 1. The first-order valence-corrected chi connectivity index (χ1v) is 7.00. The summed E-state index contributed by atoms with van der Waals surface area (Å²) in [6, 6.07) is 9.96. The van der Waals surface area contributed by atoms with Crippen molar-refractivity contribution < 1.29 is 4.79 Å². The molecule has 0 aromatic heterocycles. The average Bonchev–Trinajstić information content (AvgIpc) is 2.41. The number of amides is 1. The molecule has 3 N–H and O–H groups in total. The van der Waals surface area contributed by atoms with E-state index in [1.54, 1.807) is 0 Å². The van der Waals surface area contributed by atoms with Gasteiger partial charge in [0.05, 0.1) is 6.54 Å². The molecule has 0 heterocycles. The van der Waals surface area contributed by atoms with Gasteiger partial charge in [0.25, 0.3) is 0 Å². The van der Waals surface area contributed by atoms with E-state index in [0.717, 1.165) is 25.1 Å². The molecule has 0 atom stereocenters. The van der Waals surface area contributed by atoms with E-state index >= 15 is 0 Å². The number of carbonyl (C=O) groups is 1. The molecule has 19 heavy (non-hydrogen) atoms. The summed E-state index contributed by atoms with van der Waals surface area (Å²) < 4.78 is 0. The summed E-state index contributed by atoms with van der Waals surface area (Å²) in [6.07, 6.45) is 2.07. The summed E-state index contributed by atoms with van der Waals surface area (Å²) in [7, 11) is 0. The smallest absolute Gasteiger partial charge is 0.238 e. The lowest BCUT2D eigenvalue weighted by Crippen LogP contribution is -2.43. The molecule has 4 heteroatoms. The van der Waals surface area contributed by atoms with E-state index in [1.807, 2.05) is 30.3 Å². The lowest BCUT2D eigenvalue weighted by atomic mass is 10.1. The molecule has 0 radical (unpaired) electrons. The minimum absolute atomic E-state index is 0.0200. The molecule has 0 saturated heterocycles. The molecule has 1 rings (SSSR count). The summed E-state index contributed by atoms with van der Waals surface area (Å²) in [4.78, 5) is 14.2. The summed E-state index contributed by atoms with van der Waals surface area (Å²) >= 11 is 0. The standard InChI is InChI=1S/C15H25N3O/c1-3-14(4-2)18(11-10-16)12-15(19)17-13-8-6-5-7-9-13/h5-9,14H,3-4,10-12,16H2,1-2H3,(H,17,19). The van der Waals surface area contributed by atoms with Gasteiger partial charge in [-0.05, 0) is 25.0 Å². The fourth-order valence-electron chi connectivity index (χ4n) is 2.27.